The van der Waals surface area contributed by atoms with Crippen LogP contribution in [0, 0.1) is 25.2 Å². The van der Waals surface area contributed by atoms with Gasteiger partial charge in [-0.25, -0.2) is 9.97 Å². The van der Waals surface area contributed by atoms with E-state index in [2.05, 4.69) is 21.4 Å². The number of amides is 1. The van der Waals surface area contributed by atoms with Gasteiger partial charge >= 0.3 is 6.18 Å². The van der Waals surface area contributed by atoms with Crippen molar-refractivity contribution in [3.63, 3.8) is 0 Å². The maximum absolute atomic E-state index is 12.8. The Kier molecular flexibility index (Phi) is 6.67. The molecule has 0 bridgehead atoms. The third-order valence-corrected chi connectivity index (χ3v) is 5.73. The molecule has 11 heteroatoms. The predicted molar refractivity (Wildman–Crippen MR) is 104 cm³/mol. The summed E-state index contributed by atoms with van der Waals surface area (Å²) in [4.78, 5) is 19.7. The van der Waals surface area contributed by atoms with Gasteiger partial charge in [0.1, 0.15) is 17.6 Å². The molecule has 2 aromatic rings. The van der Waals surface area contributed by atoms with Crippen LogP contribution in [0.3, 0.4) is 0 Å². The first-order chi connectivity index (χ1) is 14.2. The van der Waals surface area contributed by atoms with Crippen LogP contribution in [0.25, 0.3) is 0 Å². The zero-order valence-corrected chi connectivity index (χ0v) is 17.2. The number of nitrogens with zero attached hydrogens (tertiary/aromatic N) is 4. The topological polar surface area (TPSA) is 92.8 Å². The zero-order chi connectivity index (χ0) is 21.9. The number of hydrogen-bond acceptors (Lipinski definition) is 6. The standard InChI is InChI=1S/C19H20F3N5O2S/c1-11-12(2)27(9-13-4-3-7-29-13)17(14(11)8-23)26-16(28)10-30-18-24-6-5-15(25-18)19(20,21)22/h5-6,13H,3-4,7,9-10H2,1-2H3,(H,26,28). The van der Waals surface area contributed by atoms with E-state index in [0.717, 1.165) is 48.1 Å². The van der Waals surface area contributed by atoms with Crippen molar-refractivity contribution in [3.05, 3.63) is 34.8 Å². The Balaban J connectivity index is 1.73. The molecule has 1 atom stereocenters. The number of alkyl halides is 3. The lowest BCUT2D eigenvalue weighted by Crippen LogP contribution is -2.22. The largest absolute Gasteiger partial charge is 0.433 e. The highest BCUT2D eigenvalue weighted by Crippen LogP contribution is 2.30. The molecule has 1 N–H and O–H groups in total. The number of ether oxygens (including phenoxy) is 1. The molecule has 30 heavy (non-hydrogen) atoms. The van der Waals surface area contributed by atoms with Crippen LogP contribution < -0.4 is 5.32 Å². The average molecular weight is 439 g/mol. The highest BCUT2D eigenvalue weighted by Gasteiger charge is 2.33. The molecule has 0 radical (unpaired) electrons. The Morgan fingerprint density at radius 2 is 2.23 bits per heavy atom. The number of thioether (sulfide) groups is 1. The van der Waals surface area contributed by atoms with Crippen LogP contribution >= 0.6 is 11.8 Å². The van der Waals surface area contributed by atoms with Crippen LogP contribution in [-0.2, 0) is 22.3 Å². The SMILES string of the molecule is Cc1c(C#N)c(NC(=O)CSc2nccc(C(F)(F)F)n2)n(CC2CCCO2)c1C. The van der Waals surface area contributed by atoms with Crippen molar-refractivity contribution in [1.82, 2.24) is 14.5 Å². The van der Waals surface area contributed by atoms with E-state index in [0.29, 0.717) is 24.5 Å². The Morgan fingerprint density at radius 3 is 2.87 bits per heavy atom. The first kappa shape index (κ1) is 22.1. The minimum Gasteiger partial charge on any atom is -0.376 e. The molecule has 0 aliphatic carbocycles. The van der Waals surface area contributed by atoms with Gasteiger partial charge in [0.15, 0.2) is 5.16 Å². The van der Waals surface area contributed by atoms with Gasteiger partial charge in [0, 0.05) is 18.5 Å². The number of halogens is 3. The summed E-state index contributed by atoms with van der Waals surface area (Å²) in [5.41, 5.74) is 0.911. The van der Waals surface area contributed by atoms with E-state index in [1.807, 2.05) is 11.5 Å². The first-order valence-corrected chi connectivity index (χ1v) is 10.2. The molecule has 3 rings (SSSR count). The summed E-state index contributed by atoms with van der Waals surface area (Å²) in [5, 5.41) is 12.1. The summed E-state index contributed by atoms with van der Waals surface area (Å²) < 4.78 is 45.8. The fraction of sp³-hybridized carbons (Fsp3) is 0.474. The van der Waals surface area contributed by atoms with Crippen molar-refractivity contribution in [2.24, 2.45) is 0 Å². The number of aromatic nitrogens is 3. The number of carbonyl (C=O) groups excluding carboxylic acids is 1. The third-order valence-electron chi connectivity index (χ3n) is 4.87. The second-order valence-corrected chi connectivity index (χ2v) is 7.79. The van der Waals surface area contributed by atoms with Gasteiger partial charge in [-0.3, -0.25) is 4.79 Å². The highest BCUT2D eigenvalue weighted by atomic mass is 32.2. The van der Waals surface area contributed by atoms with E-state index in [9.17, 15) is 23.2 Å². The molecule has 1 unspecified atom stereocenters. The lowest BCUT2D eigenvalue weighted by atomic mass is 10.2. The van der Waals surface area contributed by atoms with Crippen LogP contribution in [-0.4, -0.2) is 38.9 Å². The van der Waals surface area contributed by atoms with E-state index in [1.54, 1.807) is 6.92 Å². The Morgan fingerprint density at radius 1 is 1.47 bits per heavy atom. The molecule has 2 aromatic heterocycles. The summed E-state index contributed by atoms with van der Waals surface area (Å²) in [6.07, 6.45) is -1.71. The van der Waals surface area contributed by atoms with Crippen LogP contribution in [0.15, 0.2) is 17.4 Å². The molecule has 1 amide bonds. The van der Waals surface area contributed by atoms with Crippen molar-refractivity contribution in [1.29, 1.82) is 5.26 Å². The lowest BCUT2D eigenvalue weighted by Gasteiger charge is -2.16. The van der Waals surface area contributed by atoms with Crippen molar-refractivity contribution < 1.29 is 22.7 Å². The second kappa shape index (κ2) is 9.06. The van der Waals surface area contributed by atoms with Gasteiger partial charge in [-0.1, -0.05) is 11.8 Å². The Hall–Kier alpha value is -2.58. The van der Waals surface area contributed by atoms with Crippen molar-refractivity contribution >= 4 is 23.5 Å². The smallest absolute Gasteiger partial charge is 0.376 e. The van der Waals surface area contributed by atoms with Gasteiger partial charge in [0.05, 0.1) is 24.0 Å². The number of nitriles is 1. The molecule has 1 fully saturated rings. The molecule has 0 aromatic carbocycles. The maximum atomic E-state index is 12.8. The van der Waals surface area contributed by atoms with Gasteiger partial charge in [-0.05, 0) is 38.3 Å². The van der Waals surface area contributed by atoms with E-state index < -0.39 is 17.8 Å². The van der Waals surface area contributed by atoms with Crippen LogP contribution in [0.4, 0.5) is 19.0 Å². The van der Waals surface area contributed by atoms with Gasteiger partial charge in [0.25, 0.3) is 0 Å². The number of carbonyl (C=O) groups is 1. The number of hydrogen-bond donors (Lipinski definition) is 1. The molecular weight excluding hydrogens is 419 g/mol. The maximum Gasteiger partial charge on any atom is 0.433 e. The van der Waals surface area contributed by atoms with Crippen molar-refractivity contribution in [2.45, 2.75) is 50.7 Å². The summed E-state index contributed by atoms with van der Waals surface area (Å²) >= 11 is 0.790. The third kappa shape index (κ3) is 4.94. The zero-order valence-electron chi connectivity index (χ0n) is 16.4. The van der Waals surface area contributed by atoms with Gasteiger partial charge in [-0.2, -0.15) is 18.4 Å². The summed E-state index contributed by atoms with van der Waals surface area (Å²) in [5.74, 6) is -0.294. The summed E-state index contributed by atoms with van der Waals surface area (Å²) in [7, 11) is 0. The van der Waals surface area contributed by atoms with Crippen molar-refractivity contribution in [2.75, 3.05) is 17.7 Å². The second-order valence-electron chi connectivity index (χ2n) is 6.85. The molecule has 0 saturated carbocycles. The van der Waals surface area contributed by atoms with Gasteiger partial charge in [0.2, 0.25) is 5.91 Å². The lowest BCUT2D eigenvalue weighted by molar-refractivity contribution is -0.141. The fourth-order valence-corrected chi connectivity index (χ4v) is 3.85. The monoisotopic (exact) mass is 439 g/mol. The molecule has 1 aliphatic heterocycles. The highest BCUT2D eigenvalue weighted by molar-refractivity contribution is 7.99. The van der Waals surface area contributed by atoms with E-state index in [-0.39, 0.29) is 17.0 Å². The van der Waals surface area contributed by atoms with Gasteiger partial charge in [-0.15, -0.1) is 0 Å². The van der Waals surface area contributed by atoms with Crippen LogP contribution in [0.2, 0.25) is 0 Å². The van der Waals surface area contributed by atoms with Crippen LogP contribution in [0.5, 0.6) is 0 Å². The number of anilines is 1. The van der Waals surface area contributed by atoms with Crippen molar-refractivity contribution in [3.8, 4) is 6.07 Å². The summed E-state index contributed by atoms with van der Waals surface area (Å²) in [6, 6.07) is 2.89. The van der Waals surface area contributed by atoms with Gasteiger partial charge < -0.3 is 14.6 Å². The number of nitrogens with one attached hydrogen (secondary N) is 1. The Bertz CT molecular complexity index is 978. The molecule has 1 saturated heterocycles. The van der Waals surface area contributed by atoms with E-state index in [1.165, 1.54) is 0 Å². The van der Waals surface area contributed by atoms with Crippen LogP contribution in [0.1, 0.15) is 35.4 Å². The first-order valence-electron chi connectivity index (χ1n) is 9.25. The number of rotatable bonds is 6. The molecule has 0 spiro atoms. The summed E-state index contributed by atoms with van der Waals surface area (Å²) in [6.45, 7) is 4.87. The quantitative estimate of drug-likeness (QED) is 0.545. The minimum absolute atomic E-state index is 0.00517. The molecule has 3 heterocycles. The molecule has 160 valence electrons. The molecule has 1 aliphatic rings. The average Bonchev–Trinajstić information content (AvgIpc) is 3.29. The molecule has 7 nitrogen and oxygen atoms in total. The van der Waals surface area contributed by atoms with E-state index in [4.69, 9.17) is 4.74 Å². The predicted octanol–water partition coefficient (Wildman–Crippen LogP) is 3.70. The normalized spacial score (nSPS) is 16.5. The fourth-order valence-electron chi connectivity index (χ4n) is 3.22. The molecular formula is C19H20F3N5O2S. The minimum atomic E-state index is -4.58. The Labute approximate surface area is 175 Å². The van der Waals surface area contributed by atoms with E-state index >= 15 is 0 Å².